The highest BCUT2D eigenvalue weighted by Gasteiger charge is 2.30. The van der Waals surface area contributed by atoms with Crippen LogP contribution in [0.2, 0.25) is 0 Å². The topological polar surface area (TPSA) is 84.2 Å². The molecule has 0 saturated carbocycles. The van der Waals surface area contributed by atoms with E-state index in [0.717, 1.165) is 0 Å². The quantitative estimate of drug-likeness (QED) is 0.446. The van der Waals surface area contributed by atoms with Gasteiger partial charge in [-0.3, -0.25) is 10.1 Å². The molecule has 3 amide bonds. The van der Waals surface area contributed by atoms with E-state index in [0.29, 0.717) is 0 Å². The number of carbonyl (C=O) groups is 2. The molecule has 1 heterocycles. The number of nitrogens with two attached hydrogens (primary N) is 1. The Bertz CT molecular complexity index is 192. The predicted molar refractivity (Wildman–Crippen MR) is 38.7 cm³/mol. The monoisotopic (exact) mass is 157 g/mol. The molecule has 0 spiro atoms. The summed E-state index contributed by atoms with van der Waals surface area (Å²) in [6.45, 7) is 2.02. The van der Waals surface area contributed by atoms with Crippen LogP contribution in [0.25, 0.3) is 0 Å². The third-order valence-electron chi connectivity index (χ3n) is 1.79. The van der Waals surface area contributed by atoms with Crippen LogP contribution in [-0.4, -0.2) is 24.5 Å². The minimum Gasteiger partial charge on any atom is -0.334 e. The minimum absolute atomic E-state index is 0.166. The van der Waals surface area contributed by atoms with Crippen LogP contribution in [0.5, 0.6) is 0 Å². The van der Waals surface area contributed by atoms with Crippen molar-refractivity contribution in [1.82, 2.24) is 10.6 Å². The zero-order chi connectivity index (χ0) is 8.43. The maximum atomic E-state index is 11.0. The number of imide groups is 1. The number of hydrogen-bond donors (Lipinski definition) is 3. The third kappa shape index (κ3) is 1.48. The zero-order valence-corrected chi connectivity index (χ0v) is 6.26. The SMILES string of the molecule is CC1NC(=O)NC(=O)C1CN. The summed E-state index contributed by atoms with van der Waals surface area (Å²) in [5.74, 6) is -0.587. The minimum atomic E-state index is -0.438. The fraction of sp³-hybridized carbons (Fsp3) is 0.667. The molecule has 4 N–H and O–H groups in total. The van der Waals surface area contributed by atoms with Gasteiger partial charge in [0, 0.05) is 12.6 Å². The fourth-order valence-electron chi connectivity index (χ4n) is 1.09. The summed E-state index contributed by atoms with van der Waals surface area (Å²) < 4.78 is 0. The van der Waals surface area contributed by atoms with Crippen LogP contribution in [0.4, 0.5) is 4.79 Å². The first-order valence-electron chi connectivity index (χ1n) is 3.46. The maximum absolute atomic E-state index is 11.0. The zero-order valence-electron chi connectivity index (χ0n) is 6.26. The Morgan fingerprint density at radius 1 is 1.55 bits per heavy atom. The summed E-state index contributed by atoms with van der Waals surface area (Å²) in [7, 11) is 0. The van der Waals surface area contributed by atoms with E-state index in [4.69, 9.17) is 5.73 Å². The molecule has 0 aliphatic carbocycles. The molecule has 11 heavy (non-hydrogen) atoms. The summed E-state index contributed by atoms with van der Waals surface area (Å²) in [6.07, 6.45) is 0. The van der Waals surface area contributed by atoms with Gasteiger partial charge in [-0.05, 0) is 6.92 Å². The van der Waals surface area contributed by atoms with Gasteiger partial charge in [0.2, 0.25) is 5.91 Å². The molecule has 5 nitrogen and oxygen atoms in total. The Balaban J connectivity index is 2.66. The first kappa shape index (κ1) is 8.00. The Morgan fingerprint density at radius 3 is 2.64 bits per heavy atom. The second-order valence-electron chi connectivity index (χ2n) is 2.59. The van der Waals surface area contributed by atoms with Crippen LogP contribution in [0, 0.1) is 5.92 Å². The number of urea groups is 1. The van der Waals surface area contributed by atoms with Gasteiger partial charge in [-0.25, -0.2) is 4.79 Å². The molecule has 0 aromatic rings. The van der Waals surface area contributed by atoms with Crippen LogP contribution >= 0.6 is 0 Å². The average molecular weight is 157 g/mol. The van der Waals surface area contributed by atoms with Crippen molar-refractivity contribution in [3.63, 3.8) is 0 Å². The first-order valence-corrected chi connectivity index (χ1v) is 3.46. The summed E-state index contributed by atoms with van der Waals surface area (Å²) in [5.41, 5.74) is 5.32. The summed E-state index contributed by atoms with van der Waals surface area (Å²) >= 11 is 0. The molecule has 0 aromatic heterocycles. The standard InChI is InChI=1S/C6H11N3O2/c1-3-4(2-7)5(10)9-6(11)8-3/h3-4H,2,7H2,1H3,(H2,8,9,10,11). The van der Waals surface area contributed by atoms with Gasteiger partial charge in [0.25, 0.3) is 0 Å². The van der Waals surface area contributed by atoms with Crippen molar-refractivity contribution >= 4 is 11.9 Å². The van der Waals surface area contributed by atoms with E-state index in [2.05, 4.69) is 10.6 Å². The smallest absolute Gasteiger partial charge is 0.321 e. The van der Waals surface area contributed by atoms with E-state index in [1.54, 1.807) is 6.92 Å². The molecule has 0 aromatic carbocycles. The van der Waals surface area contributed by atoms with Gasteiger partial charge in [0.1, 0.15) is 0 Å². The van der Waals surface area contributed by atoms with Crippen molar-refractivity contribution in [1.29, 1.82) is 0 Å². The van der Waals surface area contributed by atoms with Crippen molar-refractivity contribution in [3.05, 3.63) is 0 Å². The van der Waals surface area contributed by atoms with Crippen molar-refractivity contribution in [2.75, 3.05) is 6.54 Å². The highest BCUT2D eigenvalue weighted by molar-refractivity contribution is 5.98. The molecule has 1 aliphatic rings. The van der Waals surface area contributed by atoms with Crippen LogP contribution in [0.1, 0.15) is 6.92 Å². The number of rotatable bonds is 1. The van der Waals surface area contributed by atoms with Gasteiger partial charge in [-0.1, -0.05) is 0 Å². The lowest BCUT2D eigenvalue weighted by molar-refractivity contribution is -0.125. The van der Waals surface area contributed by atoms with Gasteiger partial charge < -0.3 is 11.1 Å². The number of amides is 3. The largest absolute Gasteiger partial charge is 0.334 e. The predicted octanol–water partition coefficient (Wildman–Crippen LogP) is -1.21. The second kappa shape index (κ2) is 2.87. The molecule has 2 atom stereocenters. The van der Waals surface area contributed by atoms with Gasteiger partial charge in [0.05, 0.1) is 5.92 Å². The molecule has 1 fully saturated rings. The Morgan fingerprint density at radius 2 is 2.18 bits per heavy atom. The van der Waals surface area contributed by atoms with E-state index < -0.39 is 6.03 Å². The highest BCUT2D eigenvalue weighted by Crippen LogP contribution is 2.05. The molecule has 2 unspecified atom stereocenters. The molecular formula is C6H11N3O2. The number of nitrogens with one attached hydrogen (secondary N) is 2. The third-order valence-corrected chi connectivity index (χ3v) is 1.79. The highest BCUT2D eigenvalue weighted by atomic mass is 16.2. The van der Waals surface area contributed by atoms with Gasteiger partial charge in [-0.15, -0.1) is 0 Å². The Hall–Kier alpha value is -1.10. The summed E-state index contributed by atoms with van der Waals surface area (Å²) in [4.78, 5) is 21.7. The van der Waals surface area contributed by atoms with Gasteiger partial charge >= 0.3 is 6.03 Å². The van der Waals surface area contributed by atoms with E-state index >= 15 is 0 Å². The lowest BCUT2D eigenvalue weighted by atomic mass is 9.99. The van der Waals surface area contributed by atoms with E-state index in [1.165, 1.54) is 0 Å². The molecule has 62 valence electrons. The lowest BCUT2D eigenvalue weighted by Crippen LogP contribution is -2.58. The van der Waals surface area contributed by atoms with Crippen LogP contribution < -0.4 is 16.4 Å². The van der Waals surface area contributed by atoms with Crippen LogP contribution in [-0.2, 0) is 4.79 Å². The average Bonchev–Trinajstić information content (AvgIpc) is 1.85. The lowest BCUT2D eigenvalue weighted by Gasteiger charge is -2.27. The Labute approximate surface area is 64.3 Å². The van der Waals surface area contributed by atoms with Gasteiger partial charge in [0.15, 0.2) is 0 Å². The molecule has 0 radical (unpaired) electrons. The van der Waals surface area contributed by atoms with Crippen molar-refractivity contribution in [3.8, 4) is 0 Å². The van der Waals surface area contributed by atoms with Crippen molar-refractivity contribution in [2.45, 2.75) is 13.0 Å². The number of hydrogen-bond acceptors (Lipinski definition) is 3. The molecule has 5 heteroatoms. The number of carbonyl (C=O) groups excluding carboxylic acids is 2. The fourth-order valence-corrected chi connectivity index (χ4v) is 1.09. The van der Waals surface area contributed by atoms with Crippen molar-refractivity contribution in [2.24, 2.45) is 11.7 Å². The van der Waals surface area contributed by atoms with E-state index in [1.807, 2.05) is 0 Å². The molecule has 0 bridgehead atoms. The first-order chi connectivity index (χ1) is 5.15. The summed E-state index contributed by atoms with van der Waals surface area (Å²) in [5, 5.41) is 4.70. The van der Waals surface area contributed by atoms with E-state index in [9.17, 15) is 9.59 Å². The van der Waals surface area contributed by atoms with Gasteiger partial charge in [-0.2, -0.15) is 0 Å². The van der Waals surface area contributed by atoms with Crippen LogP contribution in [0.15, 0.2) is 0 Å². The molecule has 1 rings (SSSR count). The normalized spacial score (nSPS) is 31.1. The molecular weight excluding hydrogens is 146 g/mol. The van der Waals surface area contributed by atoms with E-state index in [-0.39, 0.29) is 24.4 Å². The molecule has 1 aliphatic heterocycles. The van der Waals surface area contributed by atoms with Crippen molar-refractivity contribution < 1.29 is 9.59 Å². The Kier molecular flexibility index (Phi) is 2.09. The molecule has 1 saturated heterocycles. The second-order valence-corrected chi connectivity index (χ2v) is 2.59. The van der Waals surface area contributed by atoms with Crippen LogP contribution in [0.3, 0.4) is 0 Å². The summed E-state index contributed by atoms with van der Waals surface area (Å²) in [6, 6.07) is -0.603. The maximum Gasteiger partial charge on any atom is 0.321 e.